The van der Waals surface area contributed by atoms with Crippen molar-refractivity contribution in [3.8, 4) is 11.1 Å². The zero-order valence-electron chi connectivity index (χ0n) is 9.50. The molecule has 0 spiro atoms. The van der Waals surface area contributed by atoms with Gasteiger partial charge in [0.2, 0.25) is 0 Å². The summed E-state index contributed by atoms with van der Waals surface area (Å²) in [4.78, 5) is 0. The Bertz CT molecular complexity index is 525. The van der Waals surface area contributed by atoms with Crippen molar-refractivity contribution in [1.82, 2.24) is 5.32 Å². The zero-order chi connectivity index (χ0) is 12.3. The Balaban J connectivity index is 2.42. The molecule has 0 aliphatic carbocycles. The number of rotatable bonds is 3. The van der Waals surface area contributed by atoms with Crippen molar-refractivity contribution in [2.24, 2.45) is 0 Å². The number of halogens is 2. The third-order valence-electron chi connectivity index (χ3n) is 2.55. The van der Waals surface area contributed by atoms with E-state index in [-0.39, 0.29) is 5.82 Å². The Morgan fingerprint density at radius 2 is 2.00 bits per heavy atom. The van der Waals surface area contributed by atoms with Gasteiger partial charge in [-0.2, -0.15) is 0 Å². The lowest BCUT2D eigenvalue weighted by Gasteiger charge is -2.07. The highest BCUT2D eigenvalue weighted by Gasteiger charge is 2.05. The maximum atomic E-state index is 13.0. The lowest BCUT2D eigenvalue weighted by Crippen LogP contribution is -2.04. The summed E-state index contributed by atoms with van der Waals surface area (Å²) >= 11 is 6.04. The molecule has 0 radical (unpaired) electrons. The minimum atomic E-state index is -0.315. The van der Waals surface area contributed by atoms with Crippen LogP contribution in [-0.4, -0.2) is 7.05 Å². The van der Waals surface area contributed by atoms with E-state index in [4.69, 9.17) is 11.6 Å². The number of hydrogen-bond acceptors (Lipinski definition) is 1. The highest BCUT2D eigenvalue weighted by atomic mass is 35.5. The van der Waals surface area contributed by atoms with Gasteiger partial charge in [-0.25, -0.2) is 4.39 Å². The highest BCUT2D eigenvalue weighted by molar-refractivity contribution is 6.33. The molecule has 3 heteroatoms. The standard InChI is InChI=1S/C14H13ClFN/c1-17-9-10-3-2-4-11(7-10)13-6-5-12(16)8-14(13)15/h2-8,17H,9H2,1H3. The van der Waals surface area contributed by atoms with Gasteiger partial charge in [0.15, 0.2) is 0 Å². The fourth-order valence-corrected chi connectivity index (χ4v) is 2.05. The van der Waals surface area contributed by atoms with Gasteiger partial charge in [0.25, 0.3) is 0 Å². The van der Waals surface area contributed by atoms with Gasteiger partial charge in [0.1, 0.15) is 5.82 Å². The monoisotopic (exact) mass is 249 g/mol. The molecule has 2 aromatic rings. The molecular formula is C14H13ClFN. The van der Waals surface area contributed by atoms with E-state index in [1.807, 2.05) is 25.2 Å². The van der Waals surface area contributed by atoms with Crippen molar-refractivity contribution in [2.75, 3.05) is 7.05 Å². The van der Waals surface area contributed by atoms with Crippen molar-refractivity contribution in [1.29, 1.82) is 0 Å². The molecule has 1 N–H and O–H groups in total. The van der Waals surface area contributed by atoms with E-state index in [1.54, 1.807) is 6.07 Å². The first-order valence-corrected chi connectivity index (χ1v) is 5.77. The van der Waals surface area contributed by atoms with E-state index < -0.39 is 0 Å². The predicted octanol–water partition coefficient (Wildman–Crippen LogP) is 3.87. The van der Waals surface area contributed by atoms with Crippen LogP contribution in [0.1, 0.15) is 5.56 Å². The molecule has 1 nitrogen and oxygen atoms in total. The summed E-state index contributed by atoms with van der Waals surface area (Å²) in [7, 11) is 1.90. The molecule has 0 amide bonds. The molecule has 0 saturated carbocycles. The first-order chi connectivity index (χ1) is 8.20. The van der Waals surface area contributed by atoms with Crippen molar-refractivity contribution < 1.29 is 4.39 Å². The van der Waals surface area contributed by atoms with Crippen LogP contribution in [0.3, 0.4) is 0 Å². The molecule has 17 heavy (non-hydrogen) atoms. The van der Waals surface area contributed by atoms with Gasteiger partial charge < -0.3 is 5.32 Å². The van der Waals surface area contributed by atoms with Gasteiger partial charge in [0, 0.05) is 12.1 Å². The SMILES string of the molecule is CNCc1cccc(-c2ccc(F)cc2Cl)c1. The van der Waals surface area contributed by atoms with Gasteiger partial charge in [0.05, 0.1) is 5.02 Å². The second kappa shape index (κ2) is 5.30. The van der Waals surface area contributed by atoms with Gasteiger partial charge >= 0.3 is 0 Å². The number of hydrogen-bond donors (Lipinski definition) is 1. The maximum absolute atomic E-state index is 13.0. The summed E-state index contributed by atoms with van der Waals surface area (Å²) in [6.45, 7) is 0.798. The third-order valence-corrected chi connectivity index (χ3v) is 2.86. The topological polar surface area (TPSA) is 12.0 Å². The second-order valence-corrected chi connectivity index (χ2v) is 4.26. The molecule has 0 aliphatic rings. The quantitative estimate of drug-likeness (QED) is 0.871. The summed E-state index contributed by atoms with van der Waals surface area (Å²) in [5.74, 6) is -0.315. The molecule has 0 aromatic heterocycles. The molecule has 0 bridgehead atoms. The largest absolute Gasteiger partial charge is 0.316 e. The van der Waals surface area contributed by atoms with Crippen molar-refractivity contribution in [2.45, 2.75) is 6.54 Å². The van der Waals surface area contributed by atoms with E-state index >= 15 is 0 Å². The second-order valence-electron chi connectivity index (χ2n) is 3.85. The minimum absolute atomic E-state index is 0.315. The summed E-state index contributed by atoms with van der Waals surface area (Å²) in [5, 5.41) is 3.53. The van der Waals surface area contributed by atoms with E-state index in [0.29, 0.717) is 5.02 Å². The number of benzene rings is 2. The molecule has 88 valence electrons. The van der Waals surface area contributed by atoms with Crippen LogP contribution >= 0.6 is 11.6 Å². The summed E-state index contributed by atoms with van der Waals surface area (Å²) in [5.41, 5.74) is 3.03. The molecule has 0 aliphatic heterocycles. The Kier molecular flexibility index (Phi) is 3.77. The van der Waals surface area contributed by atoms with Crippen LogP contribution in [0, 0.1) is 5.82 Å². The Morgan fingerprint density at radius 3 is 2.71 bits per heavy atom. The van der Waals surface area contributed by atoms with Crippen LogP contribution in [0.25, 0.3) is 11.1 Å². The van der Waals surface area contributed by atoms with Gasteiger partial charge in [-0.15, -0.1) is 0 Å². The first-order valence-electron chi connectivity index (χ1n) is 5.39. The lowest BCUT2D eigenvalue weighted by atomic mass is 10.0. The molecule has 0 atom stereocenters. The summed E-state index contributed by atoms with van der Waals surface area (Å²) < 4.78 is 13.0. The molecule has 0 fully saturated rings. The Morgan fingerprint density at radius 1 is 1.18 bits per heavy atom. The third kappa shape index (κ3) is 2.84. The summed E-state index contributed by atoms with van der Waals surface area (Å²) in [6, 6.07) is 12.5. The molecule has 2 rings (SSSR count). The average molecular weight is 250 g/mol. The maximum Gasteiger partial charge on any atom is 0.124 e. The molecule has 0 unspecified atom stereocenters. The van der Waals surface area contributed by atoms with Gasteiger partial charge in [-0.1, -0.05) is 29.8 Å². The fourth-order valence-electron chi connectivity index (χ4n) is 1.78. The predicted molar refractivity (Wildman–Crippen MR) is 69.6 cm³/mol. The van der Waals surface area contributed by atoms with Crippen LogP contribution in [0.2, 0.25) is 5.02 Å². The normalized spacial score (nSPS) is 10.5. The molecule has 2 aromatic carbocycles. The zero-order valence-corrected chi connectivity index (χ0v) is 10.3. The van der Waals surface area contributed by atoms with Crippen molar-refractivity contribution in [3.05, 3.63) is 58.9 Å². The molecular weight excluding hydrogens is 237 g/mol. The Hall–Kier alpha value is -1.38. The smallest absolute Gasteiger partial charge is 0.124 e. The van der Waals surface area contributed by atoms with Gasteiger partial charge in [-0.3, -0.25) is 0 Å². The lowest BCUT2D eigenvalue weighted by molar-refractivity contribution is 0.628. The van der Waals surface area contributed by atoms with Gasteiger partial charge in [-0.05, 0) is 42.4 Å². The molecule has 0 saturated heterocycles. The van der Waals surface area contributed by atoms with Crippen LogP contribution in [0.4, 0.5) is 4.39 Å². The van der Waals surface area contributed by atoms with Crippen molar-refractivity contribution >= 4 is 11.6 Å². The number of nitrogens with one attached hydrogen (secondary N) is 1. The van der Waals surface area contributed by atoms with E-state index in [2.05, 4.69) is 11.4 Å². The van der Waals surface area contributed by atoms with E-state index in [0.717, 1.165) is 17.7 Å². The minimum Gasteiger partial charge on any atom is -0.316 e. The highest BCUT2D eigenvalue weighted by Crippen LogP contribution is 2.28. The fraction of sp³-hybridized carbons (Fsp3) is 0.143. The average Bonchev–Trinajstić information content (AvgIpc) is 2.29. The van der Waals surface area contributed by atoms with E-state index in [1.165, 1.54) is 17.7 Å². The van der Waals surface area contributed by atoms with E-state index in [9.17, 15) is 4.39 Å². The summed E-state index contributed by atoms with van der Waals surface area (Å²) in [6.07, 6.45) is 0. The van der Waals surface area contributed by atoms with Crippen LogP contribution in [0.5, 0.6) is 0 Å². The van der Waals surface area contributed by atoms with Crippen LogP contribution < -0.4 is 5.32 Å². The Labute approximate surface area is 105 Å². The first kappa shape index (κ1) is 12.1. The van der Waals surface area contributed by atoms with Crippen LogP contribution in [-0.2, 0) is 6.54 Å². The van der Waals surface area contributed by atoms with Crippen molar-refractivity contribution in [3.63, 3.8) is 0 Å². The molecule has 0 heterocycles. The van der Waals surface area contributed by atoms with Crippen LogP contribution in [0.15, 0.2) is 42.5 Å².